The van der Waals surface area contributed by atoms with Crippen molar-refractivity contribution in [3.63, 3.8) is 0 Å². The number of alkyl halides is 1. The Hall–Kier alpha value is -0.870. The molecule has 20 heavy (non-hydrogen) atoms. The van der Waals surface area contributed by atoms with Crippen LogP contribution in [0.2, 0.25) is 0 Å². The predicted octanol–water partition coefficient (Wildman–Crippen LogP) is 4.05. The van der Waals surface area contributed by atoms with Crippen LogP contribution < -0.4 is 4.90 Å². The van der Waals surface area contributed by atoms with Gasteiger partial charge in [-0.2, -0.15) is 0 Å². The maximum Gasteiger partial charge on any atom is 0.141 e. The zero-order valence-corrected chi connectivity index (χ0v) is 13.3. The summed E-state index contributed by atoms with van der Waals surface area (Å²) in [5.74, 6) is 1.15. The molecule has 0 aromatic carbocycles. The average molecular weight is 308 g/mol. The standard InChI is InChI=1S/C15H18ClN3S/c1-8-9(2)20-15-13(8)14(17-7-18-15)19-11-3-4-12(19)6-10(16)5-11/h7,10-12H,3-6H2,1-2H3. The van der Waals surface area contributed by atoms with Crippen molar-refractivity contribution in [2.24, 2.45) is 0 Å². The van der Waals surface area contributed by atoms with E-state index in [2.05, 4.69) is 28.7 Å². The summed E-state index contributed by atoms with van der Waals surface area (Å²) in [7, 11) is 0. The first-order valence-electron chi connectivity index (χ1n) is 7.28. The van der Waals surface area contributed by atoms with E-state index in [1.165, 1.54) is 28.7 Å². The van der Waals surface area contributed by atoms with E-state index in [9.17, 15) is 0 Å². The number of hydrogen-bond donors (Lipinski definition) is 0. The van der Waals surface area contributed by atoms with Gasteiger partial charge in [0.25, 0.3) is 0 Å². The molecule has 2 bridgehead atoms. The van der Waals surface area contributed by atoms with E-state index in [-0.39, 0.29) is 0 Å². The predicted molar refractivity (Wildman–Crippen MR) is 85.1 cm³/mol. The highest BCUT2D eigenvalue weighted by molar-refractivity contribution is 7.18. The van der Waals surface area contributed by atoms with Crippen LogP contribution in [0.15, 0.2) is 6.33 Å². The van der Waals surface area contributed by atoms with Crippen LogP contribution in [0.1, 0.15) is 36.1 Å². The Labute approximate surface area is 128 Å². The summed E-state index contributed by atoms with van der Waals surface area (Å²) < 4.78 is 0. The molecule has 0 amide bonds. The van der Waals surface area contributed by atoms with Crippen LogP contribution >= 0.6 is 22.9 Å². The lowest BCUT2D eigenvalue weighted by Crippen LogP contribution is -2.44. The van der Waals surface area contributed by atoms with E-state index in [0.717, 1.165) is 23.5 Å². The largest absolute Gasteiger partial charge is 0.350 e. The number of fused-ring (bicyclic) bond motifs is 3. The smallest absolute Gasteiger partial charge is 0.141 e. The molecule has 2 aromatic rings. The molecule has 0 aliphatic carbocycles. The van der Waals surface area contributed by atoms with Crippen molar-refractivity contribution >= 4 is 39.0 Å². The zero-order chi connectivity index (χ0) is 13.9. The molecule has 2 fully saturated rings. The second kappa shape index (κ2) is 4.57. The van der Waals surface area contributed by atoms with E-state index in [1.54, 1.807) is 17.7 Å². The number of halogens is 1. The third kappa shape index (κ3) is 1.77. The number of anilines is 1. The van der Waals surface area contributed by atoms with Crippen LogP contribution in [0.5, 0.6) is 0 Å². The van der Waals surface area contributed by atoms with Gasteiger partial charge in [0.05, 0.1) is 5.39 Å². The SMILES string of the molecule is Cc1sc2ncnc(N3C4CCC3CC(Cl)C4)c2c1C. The molecule has 2 aromatic heterocycles. The Kier molecular flexibility index (Phi) is 2.93. The highest BCUT2D eigenvalue weighted by Gasteiger charge is 2.41. The third-order valence-electron chi connectivity index (χ3n) is 4.87. The Bertz CT molecular complexity index is 654. The molecule has 5 heteroatoms. The molecule has 0 spiro atoms. The van der Waals surface area contributed by atoms with Crippen molar-refractivity contribution in [3.8, 4) is 0 Å². The maximum atomic E-state index is 6.40. The molecule has 106 valence electrons. The van der Waals surface area contributed by atoms with Crippen LogP contribution in [0.3, 0.4) is 0 Å². The first-order chi connectivity index (χ1) is 9.65. The number of thiophene rings is 1. The molecule has 2 atom stereocenters. The van der Waals surface area contributed by atoms with Crippen molar-refractivity contribution in [3.05, 3.63) is 16.8 Å². The fraction of sp³-hybridized carbons (Fsp3) is 0.600. The lowest BCUT2D eigenvalue weighted by Gasteiger charge is -2.38. The highest BCUT2D eigenvalue weighted by Crippen LogP contribution is 2.44. The molecule has 4 heterocycles. The fourth-order valence-electron chi connectivity index (χ4n) is 3.82. The Morgan fingerprint density at radius 3 is 2.60 bits per heavy atom. The Balaban J connectivity index is 1.87. The highest BCUT2D eigenvalue weighted by atomic mass is 35.5. The molecule has 4 rings (SSSR count). The van der Waals surface area contributed by atoms with Crippen molar-refractivity contribution in [1.29, 1.82) is 0 Å². The molecule has 2 aliphatic heterocycles. The van der Waals surface area contributed by atoms with Gasteiger partial charge in [-0.05, 0) is 45.1 Å². The van der Waals surface area contributed by atoms with Gasteiger partial charge in [-0.1, -0.05) is 0 Å². The second-order valence-corrected chi connectivity index (χ2v) is 7.84. The summed E-state index contributed by atoms with van der Waals surface area (Å²) in [6.45, 7) is 4.36. The Morgan fingerprint density at radius 1 is 1.20 bits per heavy atom. The van der Waals surface area contributed by atoms with Crippen molar-refractivity contribution in [2.75, 3.05) is 4.90 Å². The zero-order valence-electron chi connectivity index (χ0n) is 11.8. The van der Waals surface area contributed by atoms with Crippen molar-refractivity contribution in [2.45, 2.75) is 57.0 Å². The van der Waals surface area contributed by atoms with Gasteiger partial charge in [-0.25, -0.2) is 9.97 Å². The molecule has 2 unspecified atom stereocenters. The summed E-state index contributed by atoms with van der Waals surface area (Å²) in [6, 6.07) is 1.13. The minimum atomic E-state index is 0.339. The topological polar surface area (TPSA) is 29.0 Å². The van der Waals surface area contributed by atoms with Gasteiger partial charge in [0.1, 0.15) is 17.0 Å². The average Bonchev–Trinajstić information content (AvgIpc) is 2.85. The molecule has 0 radical (unpaired) electrons. The second-order valence-electron chi connectivity index (χ2n) is 6.02. The van der Waals surface area contributed by atoms with Gasteiger partial charge in [0, 0.05) is 22.3 Å². The molecular weight excluding hydrogens is 290 g/mol. The molecule has 2 saturated heterocycles. The van der Waals surface area contributed by atoms with Crippen LogP contribution in [0.25, 0.3) is 10.2 Å². The summed E-state index contributed by atoms with van der Waals surface area (Å²) >= 11 is 8.17. The lowest BCUT2D eigenvalue weighted by atomic mass is 10.0. The summed E-state index contributed by atoms with van der Waals surface area (Å²) in [5, 5.41) is 1.60. The van der Waals surface area contributed by atoms with Gasteiger partial charge in [0.2, 0.25) is 0 Å². The van der Waals surface area contributed by atoms with Crippen LogP contribution in [-0.2, 0) is 0 Å². The van der Waals surface area contributed by atoms with Crippen LogP contribution in [-0.4, -0.2) is 27.4 Å². The van der Waals surface area contributed by atoms with Crippen LogP contribution in [0, 0.1) is 13.8 Å². The summed E-state index contributed by atoms with van der Waals surface area (Å²) in [5.41, 5.74) is 1.34. The van der Waals surface area contributed by atoms with Gasteiger partial charge in [-0.3, -0.25) is 0 Å². The van der Waals surface area contributed by atoms with Gasteiger partial charge < -0.3 is 4.90 Å². The summed E-state index contributed by atoms with van der Waals surface area (Å²) in [6.07, 6.45) is 6.40. The number of hydrogen-bond acceptors (Lipinski definition) is 4. The normalized spacial score (nSPS) is 29.4. The van der Waals surface area contributed by atoms with E-state index in [4.69, 9.17) is 11.6 Å². The van der Waals surface area contributed by atoms with E-state index in [0.29, 0.717) is 17.5 Å². The first-order valence-corrected chi connectivity index (χ1v) is 8.53. The Morgan fingerprint density at radius 2 is 1.90 bits per heavy atom. The fourth-order valence-corrected chi connectivity index (χ4v) is 5.22. The lowest BCUT2D eigenvalue weighted by molar-refractivity contribution is 0.471. The molecule has 3 nitrogen and oxygen atoms in total. The van der Waals surface area contributed by atoms with Gasteiger partial charge in [0.15, 0.2) is 0 Å². The van der Waals surface area contributed by atoms with E-state index in [1.807, 2.05) is 0 Å². The van der Waals surface area contributed by atoms with Crippen molar-refractivity contribution in [1.82, 2.24) is 9.97 Å². The number of aromatic nitrogens is 2. The number of nitrogens with zero attached hydrogens (tertiary/aromatic N) is 3. The number of rotatable bonds is 1. The third-order valence-corrected chi connectivity index (χ3v) is 6.34. The van der Waals surface area contributed by atoms with Crippen molar-refractivity contribution < 1.29 is 0 Å². The first kappa shape index (κ1) is 12.8. The van der Waals surface area contributed by atoms with Crippen LogP contribution in [0.4, 0.5) is 5.82 Å². The van der Waals surface area contributed by atoms with Gasteiger partial charge in [-0.15, -0.1) is 22.9 Å². The monoisotopic (exact) mass is 307 g/mol. The molecule has 0 saturated carbocycles. The molecule has 0 N–H and O–H groups in total. The summed E-state index contributed by atoms with van der Waals surface area (Å²) in [4.78, 5) is 14.1. The van der Waals surface area contributed by atoms with E-state index < -0.39 is 0 Å². The minimum absolute atomic E-state index is 0.339. The minimum Gasteiger partial charge on any atom is -0.350 e. The van der Waals surface area contributed by atoms with E-state index >= 15 is 0 Å². The number of piperidine rings is 1. The van der Waals surface area contributed by atoms with Gasteiger partial charge >= 0.3 is 0 Å². The maximum absolute atomic E-state index is 6.40. The molecular formula is C15H18ClN3S. The number of aryl methyl sites for hydroxylation is 2. The molecule has 2 aliphatic rings. The quantitative estimate of drug-likeness (QED) is 0.744.